The summed E-state index contributed by atoms with van der Waals surface area (Å²) in [7, 11) is 0. The van der Waals surface area contributed by atoms with Crippen molar-refractivity contribution in [3.63, 3.8) is 0 Å². The van der Waals surface area contributed by atoms with Crippen LogP contribution in [0, 0.1) is 13.0 Å². The first-order chi connectivity index (χ1) is 6.34. The number of halogens is 1. The molecule has 0 aliphatic carbocycles. The van der Waals surface area contributed by atoms with Crippen molar-refractivity contribution < 1.29 is 21.1 Å². The summed E-state index contributed by atoms with van der Waals surface area (Å²) in [5.74, 6) is 0.882. The molecule has 0 radical (unpaired) electrons. The molecular weight excluding hydrogens is 281 g/mol. The fourth-order valence-electron chi connectivity index (χ4n) is 0.797. The summed E-state index contributed by atoms with van der Waals surface area (Å²) < 4.78 is 5.34. The first-order valence-electron chi connectivity index (χ1n) is 3.81. The topological polar surface area (TPSA) is 9.23 Å². The van der Waals surface area contributed by atoms with Gasteiger partial charge in [-0.2, -0.15) is 18.2 Å². The van der Waals surface area contributed by atoms with Crippen molar-refractivity contribution in [2.45, 2.75) is 6.92 Å². The zero-order valence-corrected chi connectivity index (χ0v) is 12.3. The Morgan fingerprint density at radius 2 is 2.38 bits per heavy atom. The van der Waals surface area contributed by atoms with Crippen molar-refractivity contribution >= 4 is 13.6 Å². The van der Waals surface area contributed by atoms with Gasteiger partial charge in [0.05, 0.1) is 6.61 Å². The van der Waals surface area contributed by atoms with Gasteiger partial charge in [0.25, 0.3) is 0 Å². The fourth-order valence-corrected chi connectivity index (χ4v) is 0.797. The number of benzene rings is 1. The average molecular weight is 292 g/mol. The van der Waals surface area contributed by atoms with Crippen LogP contribution in [0.5, 0.6) is 5.75 Å². The molecule has 1 rings (SSSR count). The van der Waals surface area contributed by atoms with Crippen molar-refractivity contribution in [3.8, 4) is 5.75 Å². The summed E-state index contributed by atoms with van der Waals surface area (Å²) in [5, 5.41) is 0. The molecule has 0 amide bonds. The molecule has 0 atom stereocenters. The van der Waals surface area contributed by atoms with E-state index in [9.17, 15) is 0 Å². The molecule has 1 nitrogen and oxygen atoms in total. The Morgan fingerprint density at radius 1 is 1.69 bits per heavy atom. The molecule has 0 heterocycles. The van der Waals surface area contributed by atoms with E-state index in [0.29, 0.717) is 6.61 Å². The zero-order chi connectivity index (χ0) is 10.1. The molecular formula is C10H11BrOZn. The summed E-state index contributed by atoms with van der Waals surface area (Å²) in [6, 6.07) is 8.63. The van der Waals surface area contributed by atoms with Crippen LogP contribution in [-0.2, 0) is 16.3 Å². The summed E-state index contributed by atoms with van der Waals surface area (Å²) in [4.78, 5) is 0. The van der Waals surface area contributed by atoms with Gasteiger partial charge in [-0.3, -0.25) is 0 Å². The van der Waals surface area contributed by atoms with Gasteiger partial charge in [0.2, 0.25) is 0 Å². The molecule has 0 aliphatic rings. The Hall–Kier alpha value is -0.137. The summed E-state index contributed by atoms with van der Waals surface area (Å²) >= 11 is 4.25. The van der Waals surface area contributed by atoms with Crippen molar-refractivity contribution in [1.29, 1.82) is 0 Å². The van der Waals surface area contributed by atoms with Crippen LogP contribution in [0.1, 0.15) is 5.56 Å². The SMILES string of the molecule is C=CCOc1c[c-]ccc1C.[Zn+][Br]. The van der Waals surface area contributed by atoms with Crippen LogP contribution in [-0.4, -0.2) is 6.61 Å². The van der Waals surface area contributed by atoms with Gasteiger partial charge in [-0.15, -0.1) is 11.6 Å². The molecule has 13 heavy (non-hydrogen) atoms. The standard InChI is InChI=1S/C10H11O.BrH.Zn/c1-3-8-11-10-7-5-4-6-9(10)2;;/h3-4,6-7H,1,8H2,2H3;1H;/q-1;;+2/p-1. The summed E-state index contributed by atoms with van der Waals surface area (Å²) in [6.45, 7) is 6.13. The third-order valence-corrected chi connectivity index (χ3v) is 1.39. The molecule has 0 fully saturated rings. The number of aryl methyl sites for hydroxylation is 1. The molecule has 0 aromatic heterocycles. The van der Waals surface area contributed by atoms with Crippen molar-refractivity contribution in [2.24, 2.45) is 0 Å². The van der Waals surface area contributed by atoms with E-state index in [4.69, 9.17) is 4.74 Å². The van der Waals surface area contributed by atoms with Crippen molar-refractivity contribution in [2.75, 3.05) is 6.61 Å². The van der Waals surface area contributed by atoms with E-state index in [1.807, 2.05) is 25.1 Å². The van der Waals surface area contributed by atoms with Crippen LogP contribution in [0.3, 0.4) is 0 Å². The maximum absolute atomic E-state index is 5.34. The van der Waals surface area contributed by atoms with E-state index < -0.39 is 0 Å². The minimum atomic E-state index is 0.554. The van der Waals surface area contributed by atoms with Gasteiger partial charge in [0.1, 0.15) is 0 Å². The fraction of sp³-hybridized carbons (Fsp3) is 0.200. The first-order valence-corrected chi connectivity index (χ1v) is 10.8. The zero-order valence-electron chi connectivity index (χ0n) is 7.72. The Kier molecular flexibility index (Phi) is 8.37. The summed E-state index contributed by atoms with van der Waals surface area (Å²) in [6.07, 6.45) is 1.73. The van der Waals surface area contributed by atoms with Gasteiger partial charge in [0.15, 0.2) is 0 Å². The Labute approximate surface area is 96.2 Å². The molecule has 0 saturated carbocycles. The van der Waals surface area contributed by atoms with Crippen LogP contribution in [0.2, 0.25) is 0 Å². The van der Waals surface area contributed by atoms with E-state index in [2.05, 4.69) is 26.3 Å². The van der Waals surface area contributed by atoms with Crippen LogP contribution >= 0.6 is 13.6 Å². The van der Waals surface area contributed by atoms with Crippen LogP contribution in [0.4, 0.5) is 0 Å². The minimum absolute atomic E-state index is 0.554. The normalized spacial score (nSPS) is 8.31. The monoisotopic (exact) mass is 290 g/mol. The van der Waals surface area contributed by atoms with Crippen LogP contribution in [0.25, 0.3) is 0 Å². The molecule has 0 saturated heterocycles. The summed E-state index contributed by atoms with van der Waals surface area (Å²) in [5.41, 5.74) is 1.13. The molecule has 66 valence electrons. The molecule has 0 N–H and O–H groups in total. The van der Waals surface area contributed by atoms with E-state index in [-0.39, 0.29) is 0 Å². The first kappa shape index (κ1) is 12.9. The number of ether oxygens (including phenoxy) is 1. The van der Waals surface area contributed by atoms with Crippen molar-refractivity contribution in [3.05, 3.63) is 42.5 Å². The number of hydrogen-bond acceptors (Lipinski definition) is 1. The van der Waals surface area contributed by atoms with Gasteiger partial charge < -0.3 is 4.74 Å². The third-order valence-electron chi connectivity index (χ3n) is 1.39. The Morgan fingerprint density at radius 3 is 2.92 bits per heavy atom. The molecule has 0 spiro atoms. The second-order valence-corrected chi connectivity index (χ2v) is 2.29. The number of rotatable bonds is 3. The third kappa shape index (κ3) is 5.22. The molecule has 0 aliphatic heterocycles. The van der Waals surface area contributed by atoms with Gasteiger partial charge in [-0.05, 0) is 0 Å². The van der Waals surface area contributed by atoms with E-state index in [0.717, 1.165) is 11.3 Å². The van der Waals surface area contributed by atoms with Crippen molar-refractivity contribution in [1.82, 2.24) is 0 Å². The average Bonchev–Trinajstić information content (AvgIpc) is 2.20. The molecule has 3 heteroatoms. The van der Waals surface area contributed by atoms with E-state index in [1.165, 1.54) is 16.3 Å². The quantitative estimate of drug-likeness (QED) is 0.472. The second-order valence-electron chi connectivity index (χ2n) is 2.29. The van der Waals surface area contributed by atoms with Crippen LogP contribution < -0.4 is 4.74 Å². The predicted octanol–water partition coefficient (Wildman–Crippen LogP) is 3.20. The van der Waals surface area contributed by atoms with Gasteiger partial charge >= 0.3 is 30.0 Å². The van der Waals surface area contributed by atoms with E-state index >= 15 is 0 Å². The molecule has 0 bridgehead atoms. The Balaban J connectivity index is 0.000000671. The predicted molar refractivity (Wildman–Crippen MR) is 54.6 cm³/mol. The van der Waals surface area contributed by atoms with Crippen LogP contribution in [0.15, 0.2) is 30.9 Å². The van der Waals surface area contributed by atoms with E-state index in [1.54, 1.807) is 6.08 Å². The van der Waals surface area contributed by atoms with Gasteiger partial charge in [-0.1, -0.05) is 19.6 Å². The maximum atomic E-state index is 5.34. The van der Waals surface area contributed by atoms with Gasteiger partial charge in [-0.25, -0.2) is 0 Å². The van der Waals surface area contributed by atoms with Gasteiger partial charge in [0, 0.05) is 5.75 Å². The molecule has 1 aromatic carbocycles. The molecule has 0 unspecified atom stereocenters. The molecule has 1 aromatic rings. The second kappa shape index (κ2) is 8.46. The number of hydrogen-bond donors (Lipinski definition) is 0. The Bertz CT molecular complexity index is 250.